The highest BCUT2D eigenvalue weighted by Crippen LogP contribution is 2.39. The molecule has 1 aliphatic rings. The molecule has 0 bridgehead atoms. The molecule has 0 aliphatic carbocycles. The summed E-state index contributed by atoms with van der Waals surface area (Å²) >= 11 is 0. The maximum absolute atomic E-state index is 12.9. The number of amides is 1. The first-order valence-electron chi connectivity index (χ1n) is 6.04. The Morgan fingerprint density at radius 2 is 1.95 bits per heavy atom. The van der Waals surface area contributed by atoms with Gasteiger partial charge in [-0.1, -0.05) is 0 Å². The summed E-state index contributed by atoms with van der Waals surface area (Å²) in [4.78, 5) is 25.4. The van der Waals surface area contributed by atoms with Crippen molar-refractivity contribution < 1.29 is 18.7 Å². The zero-order valence-corrected chi connectivity index (χ0v) is 11.1. The largest absolute Gasteiger partial charge is 0.469 e. The van der Waals surface area contributed by atoms with Gasteiger partial charge in [0.1, 0.15) is 5.82 Å². The van der Waals surface area contributed by atoms with Gasteiger partial charge in [-0.15, -0.1) is 0 Å². The predicted molar refractivity (Wildman–Crippen MR) is 68.1 cm³/mol. The zero-order valence-electron chi connectivity index (χ0n) is 11.1. The number of benzene rings is 1. The van der Waals surface area contributed by atoms with Crippen molar-refractivity contribution in [1.82, 2.24) is 0 Å². The third-order valence-electron chi connectivity index (χ3n) is 3.63. The molecule has 0 aromatic heterocycles. The number of nitrogens with zero attached hydrogens (tertiary/aromatic N) is 1. The minimum absolute atomic E-state index is 0.108. The van der Waals surface area contributed by atoms with Crippen molar-refractivity contribution in [3.05, 3.63) is 30.1 Å². The van der Waals surface area contributed by atoms with Crippen molar-refractivity contribution >= 4 is 17.6 Å². The van der Waals surface area contributed by atoms with Crippen LogP contribution in [0.25, 0.3) is 0 Å². The lowest BCUT2D eigenvalue weighted by molar-refractivity contribution is -0.147. The molecular weight excluding hydrogens is 249 g/mol. The Bertz CT molecular complexity index is 510. The van der Waals surface area contributed by atoms with Gasteiger partial charge >= 0.3 is 5.97 Å². The molecule has 1 aromatic carbocycles. The lowest BCUT2D eigenvalue weighted by atomic mass is 9.88. The highest BCUT2D eigenvalue weighted by molar-refractivity contribution is 6.01. The molecule has 0 N–H and O–H groups in total. The molecule has 1 amide bonds. The van der Waals surface area contributed by atoms with E-state index in [-0.39, 0.29) is 18.1 Å². The molecule has 1 heterocycles. The van der Waals surface area contributed by atoms with Gasteiger partial charge in [-0.05, 0) is 38.1 Å². The van der Waals surface area contributed by atoms with Crippen molar-refractivity contribution in [3.8, 4) is 0 Å². The maximum atomic E-state index is 12.9. The molecule has 1 saturated heterocycles. The van der Waals surface area contributed by atoms with E-state index in [4.69, 9.17) is 4.74 Å². The van der Waals surface area contributed by atoms with Crippen LogP contribution < -0.4 is 4.90 Å². The Morgan fingerprint density at radius 3 is 2.47 bits per heavy atom. The van der Waals surface area contributed by atoms with E-state index in [1.165, 1.54) is 36.3 Å². The minimum atomic E-state index is -0.692. The van der Waals surface area contributed by atoms with Crippen LogP contribution in [-0.4, -0.2) is 24.5 Å². The first-order valence-corrected chi connectivity index (χ1v) is 6.04. The molecule has 5 heteroatoms. The van der Waals surface area contributed by atoms with Crippen molar-refractivity contribution in [1.29, 1.82) is 0 Å². The Morgan fingerprint density at radius 1 is 1.37 bits per heavy atom. The number of hydrogen-bond acceptors (Lipinski definition) is 3. The van der Waals surface area contributed by atoms with Gasteiger partial charge in [0.05, 0.1) is 18.6 Å². The number of halogens is 1. The summed E-state index contributed by atoms with van der Waals surface area (Å²) in [7, 11) is 1.31. The zero-order chi connectivity index (χ0) is 14.2. The number of rotatable bonds is 2. The molecule has 4 nitrogen and oxygen atoms in total. The summed E-state index contributed by atoms with van der Waals surface area (Å²) in [5.74, 6) is -1.44. The van der Waals surface area contributed by atoms with Gasteiger partial charge in [0.25, 0.3) is 0 Å². The predicted octanol–water partition coefficient (Wildman–Crippen LogP) is 2.13. The van der Waals surface area contributed by atoms with Crippen LogP contribution in [-0.2, 0) is 14.3 Å². The van der Waals surface area contributed by atoms with Crippen LogP contribution in [0.1, 0.15) is 20.3 Å². The van der Waals surface area contributed by atoms with Crippen molar-refractivity contribution in [2.45, 2.75) is 25.8 Å². The van der Waals surface area contributed by atoms with E-state index in [0.717, 1.165) is 0 Å². The first kappa shape index (κ1) is 13.5. The van der Waals surface area contributed by atoms with Crippen molar-refractivity contribution in [2.24, 2.45) is 5.92 Å². The van der Waals surface area contributed by atoms with Crippen molar-refractivity contribution in [2.75, 3.05) is 12.0 Å². The minimum Gasteiger partial charge on any atom is -0.469 e. The van der Waals surface area contributed by atoms with E-state index >= 15 is 0 Å². The topological polar surface area (TPSA) is 46.6 Å². The van der Waals surface area contributed by atoms with Crippen LogP contribution in [0.15, 0.2) is 24.3 Å². The number of esters is 1. The van der Waals surface area contributed by atoms with E-state index in [0.29, 0.717) is 5.69 Å². The number of hydrogen-bond donors (Lipinski definition) is 0. The van der Waals surface area contributed by atoms with Gasteiger partial charge < -0.3 is 9.64 Å². The fourth-order valence-corrected chi connectivity index (χ4v) is 2.57. The molecule has 1 atom stereocenters. The van der Waals surface area contributed by atoms with Crippen LogP contribution in [0, 0.1) is 11.7 Å². The molecule has 1 fully saturated rings. The normalized spacial score (nSPS) is 21.6. The number of carbonyl (C=O) groups is 2. The van der Waals surface area contributed by atoms with Crippen LogP contribution in [0.3, 0.4) is 0 Å². The second-order valence-corrected chi connectivity index (χ2v) is 5.14. The molecule has 0 spiro atoms. The Labute approximate surface area is 111 Å². The summed E-state index contributed by atoms with van der Waals surface area (Å²) in [6.07, 6.45) is 0.108. The number of ether oxygens (including phenoxy) is 1. The fourth-order valence-electron chi connectivity index (χ4n) is 2.57. The highest BCUT2D eigenvalue weighted by Gasteiger charge is 2.50. The lowest BCUT2D eigenvalue weighted by Gasteiger charge is -2.34. The van der Waals surface area contributed by atoms with Crippen LogP contribution in [0.2, 0.25) is 0 Å². The van der Waals surface area contributed by atoms with E-state index in [1.807, 2.05) is 13.8 Å². The van der Waals surface area contributed by atoms with Gasteiger partial charge in [0, 0.05) is 12.1 Å². The van der Waals surface area contributed by atoms with Gasteiger partial charge in [-0.3, -0.25) is 9.59 Å². The summed E-state index contributed by atoms with van der Waals surface area (Å²) in [6.45, 7) is 3.62. The molecule has 19 heavy (non-hydrogen) atoms. The second kappa shape index (κ2) is 4.64. The average Bonchev–Trinajstić information content (AvgIpc) is 2.60. The Balaban J connectivity index is 2.38. The van der Waals surface area contributed by atoms with Gasteiger partial charge in [-0.2, -0.15) is 0 Å². The van der Waals surface area contributed by atoms with Gasteiger partial charge in [0.2, 0.25) is 5.91 Å². The molecule has 1 aromatic rings. The molecule has 0 radical (unpaired) electrons. The molecular formula is C14H16FNO3. The Hall–Kier alpha value is -1.91. The summed E-state index contributed by atoms with van der Waals surface area (Å²) in [5.41, 5.74) is -0.107. The Kier molecular flexibility index (Phi) is 3.30. The summed E-state index contributed by atoms with van der Waals surface area (Å²) in [6, 6.07) is 5.66. The SMILES string of the molecule is COC(=O)C1CC(=O)N(c2ccc(F)cc2)C1(C)C. The molecule has 1 unspecified atom stereocenters. The molecule has 2 rings (SSSR count). The number of anilines is 1. The van der Waals surface area contributed by atoms with Gasteiger partial charge in [-0.25, -0.2) is 4.39 Å². The summed E-state index contributed by atoms with van der Waals surface area (Å²) < 4.78 is 17.7. The third kappa shape index (κ3) is 2.20. The first-order chi connectivity index (χ1) is 8.87. The average molecular weight is 265 g/mol. The number of carbonyl (C=O) groups excluding carboxylic acids is 2. The molecule has 102 valence electrons. The van der Waals surface area contributed by atoms with E-state index in [9.17, 15) is 14.0 Å². The van der Waals surface area contributed by atoms with Crippen molar-refractivity contribution in [3.63, 3.8) is 0 Å². The standard InChI is InChI=1S/C14H16FNO3/c1-14(2)11(13(18)19-3)8-12(17)16(14)10-6-4-9(15)5-7-10/h4-7,11H,8H2,1-3H3. The lowest BCUT2D eigenvalue weighted by Crippen LogP contribution is -2.46. The van der Waals surface area contributed by atoms with E-state index in [1.54, 1.807) is 0 Å². The quantitative estimate of drug-likeness (QED) is 0.770. The van der Waals surface area contributed by atoms with Crippen LogP contribution in [0.5, 0.6) is 0 Å². The second-order valence-electron chi connectivity index (χ2n) is 5.14. The summed E-state index contributed by atoms with van der Waals surface area (Å²) in [5, 5.41) is 0. The monoisotopic (exact) mass is 265 g/mol. The van der Waals surface area contributed by atoms with Crippen LogP contribution in [0.4, 0.5) is 10.1 Å². The number of methoxy groups -OCH3 is 1. The van der Waals surface area contributed by atoms with Crippen LogP contribution >= 0.6 is 0 Å². The van der Waals surface area contributed by atoms with E-state index in [2.05, 4.69) is 0 Å². The maximum Gasteiger partial charge on any atom is 0.311 e. The van der Waals surface area contributed by atoms with E-state index < -0.39 is 17.4 Å². The third-order valence-corrected chi connectivity index (χ3v) is 3.63. The fraction of sp³-hybridized carbons (Fsp3) is 0.429. The molecule has 0 saturated carbocycles. The highest BCUT2D eigenvalue weighted by atomic mass is 19.1. The smallest absolute Gasteiger partial charge is 0.311 e. The van der Waals surface area contributed by atoms with Gasteiger partial charge in [0.15, 0.2) is 0 Å². The molecule has 1 aliphatic heterocycles.